The quantitative estimate of drug-likeness (QED) is 0.509. The fraction of sp³-hybridized carbons (Fsp3) is 1.00. The molecule has 0 aromatic rings. The molecule has 0 bridgehead atoms. The van der Waals surface area contributed by atoms with Gasteiger partial charge in [-0.3, -0.25) is 0 Å². The summed E-state index contributed by atoms with van der Waals surface area (Å²) < 4.78 is 10.3. The van der Waals surface area contributed by atoms with Crippen LogP contribution in [0.1, 0.15) is 20.8 Å². The molecule has 0 aliphatic heterocycles. The highest BCUT2D eigenvalue weighted by atomic mass is 16.5. The van der Waals surface area contributed by atoms with Gasteiger partial charge < -0.3 is 25.0 Å². The number of nitrogens with one attached hydrogen (secondary N) is 1. The summed E-state index contributed by atoms with van der Waals surface area (Å²) in [5.74, 6) is 0. The SMILES string of the molecule is COCC(C)OCC(O)CNCC(C)(C)CO. The molecule has 2 atom stereocenters. The molecule has 0 saturated heterocycles. The Kier molecular flexibility index (Phi) is 8.72. The molecular formula is C12H27NO4. The van der Waals surface area contributed by atoms with Gasteiger partial charge in [-0.15, -0.1) is 0 Å². The van der Waals surface area contributed by atoms with Crippen LogP contribution in [-0.2, 0) is 9.47 Å². The molecule has 0 amide bonds. The summed E-state index contributed by atoms with van der Waals surface area (Å²) >= 11 is 0. The lowest BCUT2D eigenvalue weighted by Crippen LogP contribution is -2.38. The van der Waals surface area contributed by atoms with Gasteiger partial charge in [-0.05, 0) is 6.92 Å². The normalized spacial score (nSPS) is 15.9. The molecule has 0 saturated carbocycles. The van der Waals surface area contributed by atoms with Crippen LogP contribution in [0.3, 0.4) is 0 Å². The van der Waals surface area contributed by atoms with Crippen LogP contribution in [0.2, 0.25) is 0 Å². The molecule has 5 nitrogen and oxygen atoms in total. The van der Waals surface area contributed by atoms with Gasteiger partial charge in [-0.1, -0.05) is 13.8 Å². The summed E-state index contributed by atoms with van der Waals surface area (Å²) in [6.45, 7) is 7.88. The number of rotatable bonds is 10. The highest BCUT2D eigenvalue weighted by Crippen LogP contribution is 2.10. The molecular weight excluding hydrogens is 222 g/mol. The van der Waals surface area contributed by atoms with Crippen LogP contribution in [0.5, 0.6) is 0 Å². The first-order valence-corrected chi connectivity index (χ1v) is 6.01. The molecule has 0 aliphatic carbocycles. The summed E-state index contributed by atoms with van der Waals surface area (Å²) in [4.78, 5) is 0. The average molecular weight is 249 g/mol. The van der Waals surface area contributed by atoms with Gasteiger partial charge in [0.25, 0.3) is 0 Å². The Hall–Kier alpha value is -0.200. The minimum atomic E-state index is -0.538. The highest BCUT2D eigenvalue weighted by molar-refractivity contribution is 4.71. The predicted octanol–water partition coefficient (Wildman–Crippen LogP) is 0.00690. The van der Waals surface area contributed by atoms with Crippen LogP contribution < -0.4 is 5.32 Å². The van der Waals surface area contributed by atoms with Crippen LogP contribution in [0.25, 0.3) is 0 Å². The molecule has 0 spiro atoms. The second-order valence-corrected chi connectivity index (χ2v) is 5.21. The molecule has 0 heterocycles. The lowest BCUT2D eigenvalue weighted by Gasteiger charge is -2.23. The zero-order valence-corrected chi connectivity index (χ0v) is 11.4. The van der Waals surface area contributed by atoms with Crippen molar-refractivity contribution < 1.29 is 19.7 Å². The molecule has 0 aromatic carbocycles. The van der Waals surface area contributed by atoms with E-state index in [9.17, 15) is 5.11 Å². The minimum absolute atomic E-state index is 0.0106. The number of ether oxygens (including phenoxy) is 2. The molecule has 2 unspecified atom stereocenters. The van der Waals surface area contributed by atoms with E-state index in [4.69, 9.17) is 14.6 Å². The Balaban J connectivity index is 3.56. The van der Waals surface area contributed by atoms with E-state index in [0.717, 1.165) is 0 Å². The van der Waals surface area contributed by atoms with Gasteiger partial charge in [-0.25, -0.2) is 0 Å². The van der Waals surface area contributed by atoms with Crippen molar-refractivity contribution in [1.29, 1.82) is 0 Å². The molecule has 104 valence electrons. The summed E-state index contributed by atoms with van der Waals surface area (Å²) in [5.41, 5.74) is -0.163. The Morgan fingerprint density at radius 1 is 1.29 bits per heavy atom. The van der Waals surface area contributed by atoms with E-state index < -0.39 is 6.10 Å². The van der Waals surface area contributed by atoms with Gasteiger partial charge in [0.15, 0.2) is 0 Å². The first kappa shape index (κ1) is 16.8. The van der Waals surface area contributed by atoms with Crippen molar-refractivity contribution in [3.63, 3.8) is 0 Å². The zero-order chi connectivity index (χ0) is 13.3. The second kappa shape index (κ2) is 8.83. The van der Waals surface area contributed by atoms with Crippen molar-refractivity contribution in [2.45, 2.75) is 33.0 Å². The molecule has 0 aromatic heterocycles. The van der Waals surface area contributed by atoms with Gasteiger partial charge in [0, 0.05) is 32.2 Å². The van der Waals surface area contributed by atoms with Crippen molar-refractivity contribution in [3.8, 4) is 0 Å². The molecule has 3 N–H and O–H groups in total. The van der Waals surface area contributed by atoms with E-state index in [0.29, 0.717) is 19.7 Å². The standard InChI is InChI=1S/C12H27NO4/c1-10(6-16-4)17-7-11(15)5-13-8-12(2,3)9-14/h10-11,13-15H,5-9H2,1-4H3. The zero-order valence-electron chi connectivity index (χ0n) is 11.4. The maximum Gasteiger partial charge on any atom is 0.0897 e. The van der Waals surface area contributed by atoms with Crippen molar-refractivity contribution in [2.75, 3.05) is 40.0 Å². The Labute approximate surface area is 104 Å². The summed E-state index contributed by atoms with van der Waals surface area (Å²) in [6, 6.07) is 0. The van der Waals surface area contributed by atoms with Crippen LogP contribution in [0, 0.1) is 5.41 Å². The van der Waals surface area contributed by atoms with Gasteiger partial charge in [0.05, 0.1) is 25.4 Å². The van der Waals surface area contributed by atoms with Crippen LogP contribution in [0.15, 0.2) is 0 Å². The van der Waals surface area contributed by atoms with E-state index in [2.05, 4.69) is 5.32 Å². The topological polar surface area (TPSA) is 71.0 Å². The third-order valence-corrected chi connectivity index (χ3v) is 2.39. The van der Waals surface area contributed by atoms with Crippen LogP contribution in [-0.4, -0.2) is 62.4 Å². The van der Waals surface area contributed by atoms with E-state index in [-0.39, 0.29) is 24.7 Å². The van der Waals surface area contributed by atoms with E-state index in [1.165, 1.54) is 0 Å². The lowest BCUT2D eigenvalue weighted by atomic mass is 9.95. The van der Waals surface area contributed by atoms with E-state index in [1.807, 2.05) is 20.8 Å². The van der Waals surface area contributed by atoms with Gasteiger partial charge in [-0.2, -0.15) is 0 Å². The molecule has 0 radical (unpaired) electrons. The van der Waals surface area contributed by atoms with Crippen molar-refractivity contribution in [2.24, 2.45) is 5.41 Å². The molecule has 0 fully saturated rings. The first-order valence-electron chi connectivity index (χ1n) is 6.01. The molecule has 0 rings (SSSR count). The molecule has 17 heavy (non-hydrogen) atoms. The van der Waals surface area contributed by atoms with Crippen molar-refractivity contribution in [3.05, 3.63) is 0 Å². The van der Waals surface area contributed by atoms with Crippen LogP contribution in [0.4, 0.5) is 0 Å². The van der Waals surface area contributed by atoms with Crippen LogP contribution >= 0.6 is 0 Å². The minimum Gasteiger partial charge on any atom is -0.396 e. The molecule has 0 aliphatic rings. The number of aliphatic hydroxyl groups is 2. The Bertz CT molecular complexity index is 187. The molecule has 5 heteroatoms. The summed E-state index contributed by atoms with van der Waals surface area (Å²) in [6.07, 6.45) is -0.549. The summed E-state index contributed by atoms with van der Waals surface area (Å²) in [5, 5.41) is 21.8. The fourth-order valence-corrected chi connectivity index (χ4v) is 1.25. The number of hydrogen-bond donors (Lipinski definition) is 3. The second-order valence-electron chi connectivity index (χ2n) is 5.21. The smallest absolute Gasteiger partial charge is 0.0897 e. The fourth-order valence-electron chi connectivity index (χ4n) is 1.25. The monoisotopic (exact) mass is 249 g/mol. The number of aliphatic hydroxyl groups excluding tert-OH is 2. The van der Waals surface area contributed by atoms with Gasteiger partial charge in [0.2, 0.25) is 0 Å². The maximum absolute atomic E-state index is 9.65. The van der Waals surface area contributed by atoms with E-state index in [1.54, 1.807) is 7.11 Å². The highest BCUT2D eigenvalue weighted by Gasteiger charge is 2.16. The maximum atomic E-state index is 9.65. The van der Waals surface area contributed by atoms with Gasteiger partial charge in [0.1, 0.15) is 0 Å². The van der Waals surface area contributed by atoms with Crippen molar-refractivity contribution >= 4 is 0 Å². The Morgan fingerprint density at radius 3 is 2.47 bits per heavy atom. The Morgan fingerprint density at radius 2 is 1.94 bits per heavy atom. The number of hydrogen-bond acceptors (Lipinski definition) is 5. The van der Waals surface area contributed by atoms with Crippen molar-refractivity contribution in [1.82, 2.24) is 5.32 Å². The van der Waals surface area contributed by atoms with E-state index >= 15 is 0 Å². The van der Waals surface area contributed by atoms with Gasteiger partial charge >= 0.3 is 0 Å². The lowest BCUT2D eigenvalue weighted by molar-refractivity contribution is -0.0316. The third kappa shape index (κ3) is 9.50. The average Bonchev–Trinajstić information content (AvgIpc) is 2.26. The first-order chi connectivity index (χ1) is 7.91. The largest absolute Gasteiger partial charge is 0.396 e. The summed E-state index contributed by atoms with van der Waals surface area (Å²) in [7, 11) is 1.62. The number of methoxy groups -OCH3 is 1. The third-order valence-electron chi connectivity index (χ3n) is 2.39. The predicted molar refractivity (Wildman–Crippen MR) is 67.0 cm³/mol.